The van der Waals surface area contributed by atoms with Crippen molar-refractivity contribution in [1.82, 2.24) is 15.6 Å². The maximum absolute atomic E-state index is 13.6. The molecule has 0 fully saturated rings. The summed E-state index contributed by atoms with van der Waals surface area (Å²) in [6, 6.07) is 15.8. The molecule has 0 unspecified atom stereocenters. The standard InChI is InChI=1S/C23H22FN3O2/c1-16-6-8-17(9-7-16)13-27-23(29)20-12-19(14-25-15-20)22(28)26-11-10-18-4-2-3-5-21(18)24/h2-9,12,14-15H,10-11,13H2,1H3,(H,26,28)(H,27,29). The molecule has 0 aliphatic heterocycles. The van der Waals surface area contributed by atoms with E-state index in [-0.39, 0.29) is 29.7 Å². The van der Waals surface area contributed by atoms with Gasteiger partial charge >= 0.3 is 0 Å². The van der Waals surface area contributed by atoms with E-state index in [4.69, 9.17) is 0 Å². The number of benzene rings is 2. The van der Waals surface area contributed by atoms with E-state index in [2.05, 4.69) is 15.6 Å². The Morgan fingerprint density at radius 3 is 2.28 bits per heavy atom. The lowest BCUT2D eigenvalue weighted by atomic mass is 10.1. The van der Waals surface area contributed by atoms with Crippen molar-refractivity contribution in [2.75, 3.05) is 6.54 Å². The molecule has 0 saturated heterocycles. The minimum Gasteiger partial charge on any atom is -0.352 e. The third-order valence-corrected chi connectivity index (χ3v) is 4.47. The van der Waals surface area contributed by atoms with Crippen LogP contribution in [0.5, 0.6) is 0 Å². The van der Waals surface area contributed by atoms with Crippen LogP contribution in [0.3, 0.4) is 0 Å². The molecule has 0 saturated carbocycles. The van der Waals surface area contributed by atoms with E-state index in [0.717, 1.165) is 11.1 Å². The molecule has 1 aromatic heterocycles. The molecule has 0 bridgehead atoms. The lowest BCUT2D eigenvalue weighted by molar-refractivity contribution is 0.0950. The zero-order valence-electron chi connectivity index (χ0n) is 16.1. The Morgan fingerprint density at radius 1 is 0.931 bits per heavy atom. The molecule has 2 N–H and O–H groups in total. The summed E-state index contributed by atoms with van der Waals surface area (Å²) in [4.78, 5) is 28.7. The highest BCUT2D eigenvalue weighted by Crippen LogP contribution is 2.08. The van der Waals surface area contributed by atoms with Gasteiger partial charge in [-0.25, -0.2) is 4.39 Å². The van der Waals surface area contributed by atoms with Gasteiger partial charge in [0.1, 0.15) is 5.82 Å². The lowest BCUT2D eigenvalue weighted by Gasteiger charge is -2.08. The van der Waals surface area contributed by atoms with Crippen molar-refractivity contribution in [3.8, 4) is 0 Å². The third-order valence-electron chi connectivity index (χ3n) is 4.47. The summed E-state index contributed by atoms with van der Waals surface area (Å²) in [6.45, 7) is 2.67. The first kappa shape index (κ1) is 20.2. The van der Waals surface area contributed by atoms with Gasteiger partial charge in [-0.15, -0.1) is 0 Å². The number of nitrogens with zero attached hydrogens (tertiary/aromatic N) is 1. The van der Waals surface area contributed by atoms with Gasteiger partial charge in [-0.1, -0.05) is 48.0 Å². The highest BCUT2D eigenvalue weighted by molar-refractivity contribution is 5.99. The first-order valence-electron chi connectivity index (χ1n) is 9.33. The second kappa shape index (κ2) is 9.59. The summed E-state index contributed by atoms with van der Waals surface area (Å²) < 4.78 is 13.6. The van der Waals surface area contributed by atoms with Crippen LogP contribution in [-0.4, -0.2) is 23.3 Å². The Bertz CT molecular complexity index is 1000. The highest BCUT2D eigenvalue weighted by atomic mass is 19.1. The minimum absolute atomic E-state index is 0.279. The molecule has 1 heterocycles. The Morgan fingerprint density at radius 2 is 1.59 bits per heavy atom. The van der Waals surface area contributed by atoms with Crippen molar-refractivity contribution in [1.29, 1.82) is 0 Å². The van der Waals surface area contributed by atoms with Crippen LogP contribution >= 0.6 is 0 Å². The van der Waals surface area contributed by atoms with Gasteiger partial charge < -0.3 is 10.6 Å². The molecule has 3 aromatic rings. The lowest BCUT2D eigenvalue weighted by Crippen LogP contribution is -2.27. The second-order valence-electron chi connectivity index (χ2n) is 6.73. The first-order chi connectivity index (χ1) is 14.0. The van der Waals surface area contributed by atoms with E-state index < -0.39 is 0 Å². The molecule has 2 amide bonds. The zero-order chi connectivity index (χ0) is 20.6. The summed E-state index contributed by atoms with van der Waals surface area (Å²) in [5.41, 5.74) is 3.26. The molecule has 148 valence electrons. The topological polar surface area (TPSA) is 71.1 Å². The molecular weight excluding hydrogens is 369 g/mol. The van der Waals surface area contributed by atoms with Gasteiger partial charge in [0, 0.05) is 25.5 Å². The molecule has 6 heteroatoms. The van der Waals surface area contributed by atoms with Gasteiger partial charge in [-0.3, -0.25) is 14.6 Å². The van der Waals surface area contributed by atoms with Crippen LogP contribution in [0.15, 0.2) is 67.0 Å². The fraction of sp³-hybridized carbons (Fsp3) is 0.174. The normalized spacial score (nSPS) is 10.4. The van der Waals surface area contributed by atoms with E-state index in [0.29, 0.717) is 24.1 Å². The van der Waals surface area contributed by atoms with E-state index in [9.17, 15) is 14.0 Å². The molecular formula is C23H22FN3O2. The van der Waals surface area contributed by atoms with Crippen molar-refractivity contribution in [2.45, 2.75) is 19.9 Å². The van der Waals surface area contributed by atoms with E-state index in [1.807, 2.05) is 31.2 Å². The van der Waals surface area contributed by atoms with Crippen LogP contribution in [-0.2, 0) is 13.0 Å². The average Bonchev–Trinajstić information content (AvgIpc) is 2.74. The monoisotopic (exact) mass is 391 g/mol. The quantitative estimate of drug-likeness (QED) is 0.648. The fourth-order valence-electron chi connectivity index (χ4n) is 2.79. The van der Waals surface area contributed by atoms with Crippen molar-refractivity contribution < 1.29 is 14.0 Å². The number of hydrogen-bond acceptors (Lipinski definition) is 3. The zero-order valence-corrected chi connectivity index (χ0v) is 16.1. The van der Waals surface area contributed by atoms with Crippen molar-refractivity contribution in [3.63, 3.8) is 0 Å². The smallest absolute Gasteiger partial charge is 0.253 e. The van der Waals surface area contributed by atoms with E-state index >= 15 is 0 Å². The Kier molecular flexibility index (Phi) is 6.68. The highest BCUT2D eigenvalue weighted by Gasteiger charge is 2.11. The fourth-order valence-corrected chi connectivity index (χ4v) is 2.79. The van der Waals surface area contributed by atoms with Crippen molar-refractivity contribution in [2.24, 2.45) is 0 Å². The van der Waals surface area contributed by atoms with Crippen LogP contribution in [0.2, 0.25) is 0 Å². The molecule has 0 aliphatic rings. The molecule has 29 heavy (non-hydrogen) atoms. The number of nitrogens with one attached hydrogen (secondary N) is 2. The van der Waals surface area contributed by atoms with Gasteiger partial charge in [-0.2, -0.15) is 0 Å². The molecule has 0 spiro atoms. The number of pyridine rings is 1. The first-order valence-corrected chi connectivity index (χ1v) is 9.33. The number of carbonyl (C=O) groups is 2. The maximum atomic E-state index is 13.6. The molecule has 5 nitrogen and oxygen atoms in total. The summed E-state index contributed by atoms with van der Waals surface area (Å²) in [7, 11) is 0. The molecule has 0 aliphatic carbocycles. The summed E-state index contributed by atoms with van der Waals surface area (Å²) >= 11 is 0. The van der Waals surface area contributed by atoms with Gasteiger partial charge in [0.15, 0.2) is 0 Å². The number of aryl methyl sites for hydroxylation is 1. The summed E-state index contributed by atoms with van der Waals surface area (Å²) in [5, 5.41) is 5.55. The van der Waals surface area contributed by atoms with Crippen molar-refractivity contribution >= 4 is 11.8 Å². The SMILES string of the molecule is Cc1ccc(CNC(=O)c2cncc(C(=O)NCCc3ccccc3F)c2)cc1. The van der Waals surface area contributed by atoms with Crippen LogP contribution in [0.1, 0.15) is 37.4 Å². The Balaban J connectivity index is 1.55. The second-order valence-corrected chi connectivity index (χ2v) is 6.73. The van der Waals surface area contributed by atoms with Crippen LogP contribution < -0.4 is 10.6 Å². The number of aromatic nitrogens is 1. The van der Waals surface area contributed by atoms with E-state index in [1.165, 1.54) is 24.5 Å². The number of carbonyl (C=O) groups excluding carboxylic acids is 2. The van der Waals surface area contributed by atoms with Crippen LogP contribution in [0.25, 0.3) is 0 Å². The van der Waals surface area contributed by atoms with Crippen molar-refractivity contribution in [3.05, 3.63) is 101 Å². The maximum Gasteiger partial charge on any atom is 0.253 e. The van der Waals surface area contributed by atoms with Gasteiger partial charge in [0.25, 0.3) is 11.8 Å². The van der Waals surface area contributed by atoms with Gasteiger partial charge in [-0.05, 0) is 36.6 Å². The number of rotatable bonds is 7. The molecule has 3 rings (SSSR count). The molecule has 0 atom stereocenters. The largest absolute Gasteiger partial charge is 0.352 e. The van der Waals surface area contributed by atoms with Crippen LogP contribution in [0, 0.1) is 12.7 Å². The van der Waals surface area contributed by atoms with Gasteiger partial charge in [0.05, 0.1) is 11.1 Å². The Labute approximate surface area is 169 Å². The average molecular weight is 391 g/mol. The molecule has 2 aromatic carbocycles. The predicted octanol–water partition coefficient (Wildman–Crippen LogP) is 3.43. The van der Waals surface area contributed by atoms with Crippen LogP contribution in [0.4, 0.5) is 4.39 Å². The minimum atomic E-state index is -0.359. The Hall–Kier alpha value is -3.54. The third kappa shape index (κ3) is 5.72. The molecule has 0 radical (unpaired) electrons. The number of halogens is 1. The number of amides is 2. The summed E-state index contributed by atoms with van der Waals surface area (Å²) in [5.74, 6) is -0.961. The number of hydrogen-bond donors (Lipinski definition) is 2. The predicted molar refractivity (Wildman–Crippen MR) is 109 cm³/mol. The van der Waals surface area contributed by atoms with Gasteiger partial charge in [0.2, 0.25) is 0 Å². The van der Waals surface area contributed by atoms with E-state index in [1.54, 1.807) is 18.2 Å². The summed E-state index contributed by atoms with van der Waals surface area (Å²) in [6.07, 6.45) is 3.19.